The summed E-state index contributed by atoms with van der Waals surface area (Å²) >= 11 is 1.43. The van der Waals surface area contributed by atoms with Gasteiger partial charge < -0.3 is 10.1 Å². The van der Waals surface area contributed by atoms with Gasteiger partial charge in [-0.15, -0.1) is 0 Å². The van der Waals surface area contributed by atoms with Crippen molar-refractivity contribution >= 4 is 16.7 Å². The average molecular weight is 227 g/mol. The molecule has 0 aliphatic heterocycles. The highest BCUT2D eigenvalue weighted by Gasteiger charge is 2.42. The fraction of sp³-hybridized carbons (Fsp3) is 0.800. The second-order valence-corrected chi connectivity index (χ2v) is 4.65. The van der Waals surface area contributed by atoms with Crippen molar-refractivity contribution in [3.8, 4) is 0 Å². The summed E-state index contributed by atoms with van der Waals surface area (Å²) in [4.78, 5) is 4.48. The highest BCUT2D eigenvalue weighted by molar-refractivity contribution is 7.09. The molecule has 1 saturated carbocycles. The Kier molecular flexibility index (Phi) is 3.21. The monoisotopic (exact) mass is 227 g/mol. The molecule has 84 valence electrons. The van der Waals surface area contributed by atoms with Crippen molar-refractivity contribution in [3.05, 3.63) is 5.82 Å². The van der Waals surface area contributed by atoms with Crippen LogP contribution in [-0.2, 0) is 10.3 Å². The molecule has 1 aromatic heterocycles. The smallest absolute Gasteiger partial charge is 0.202 e. The van der Waals surface area contributed by atoms with Crippen LogP contribution >= 0.6 is 11.5 Å². The van der Waals surface area contributed by atoms with Crippen molar-refractivity contribution in [1.82, 2.24) is 9.36 Å². The van der Waals surface area contributed by atoms with E-state index in [1.807, 2.05) is 0 Å². The molecule has 0 atom stereocenters. The second-order valence-electron chi connectivity index (χ2n) is 3.90. The minimum absolute atomic E-state index is 0.178. The summed E-state index contributed by atoms with van der Waals surface area (Å²) in [7, 11) is 1.75. The maximum atomic E-state index is 5.53. The number of aromatic nitrogens is 2. The van der Waals surface area contributed by atoms with Gasteiger partial charge in [-0.1, -0.05) is 6.92 Å². The number of hydrogen-bond donors (Lipinski definition) is 1. The number of ether oxygens (including phenoxy) is 1. The number of nitrogens with zero attached hydrogens (tertiary/aromatic N) is 2. The summed E-state index contributed by atoms with van der Waals surface area (Å²) in [6.07, 6.45) is 4.41. The topological polar surface area (TPSA) is 47.0 Å². The van der Waals surface area contributed by atoms with E-state index in [9.17, 15) is 0 Å². The first-order chi connectivity index (χ1) is 7.30. The molecule has 1 aromatic rings. The fourth-order valence-electron chi connectivity index (χ4n) is 1.73. The third kappa shape index (κ3) is 1.99. The minimum atomic E-state index is -0.178. The Balaban J connectivity index is 2.05. The van der Waals surface area contributed by atoms with Gasteiger partial charge in [-0.2, -0.15) is 4.37 Å². The van der Waals surface area contributed by atoms with Gasteiger partial charge in [0.15, 0.2) is 5.82 Å². The van der Waals surface area contributed by atoms with Crippen LogP contribution < -0.4 is 5.32 Å². The highest BCUT2D eigenvalue weighted by Crippen LogP contribution is 2.43. The van der Waals surface area contributed by atoms with E-state index in [2.05, 4.69) is 21.6 Å². The standard InChI is InChI=1S/C10H17N3OS/c1-3-7-11-9-12-8(13-15-9)10(14-2)5-4-6-10/h3-7H2,1-2H3,(H,11,12,13). The number of rotatable bonds is 5. The van der Waals surface area contributed by atoms with Crippen molar-refractivity contribution in [1.29, 1.82) is 0 Å². The summed E-state index contributed by atoms with van der Waals surface area (Å²) in [6.45, 7) is 3.09. The van der Waals surface area contributed by atoms with E-state index >= 15 is 0 Å². The second kappa shape index (κ2) is 4.45. The summed E-state index contributed by atoms with van der Waals surface area (Å²) in [5.41, 5.74) is -0.178. The highest BCUT2D eigenvalue weighted by atomic mass is 32.1. The predicted molar refractivity (Wildman–Crippen MR) is 61.2 cm³/mol. The molecule has 0 spiro atoms. The summed E-state index contributed by atoms with van der Waals surface area (Å²) in [5, 5.41) is 4.16. The SMILES string of the molecule is CCCNc1nc(C2(OC)CCC2)ns1. The zero-order chi connectivity index (χ0) is 10.7. The Hall–Kier alpha value is -0.680. The van der Waals surface area contributed by atoms with E-state index in [1.165, 1.54) is 18.0 Å². The lowest BCUT2D eigenvalue weighted by Gasteiger charge is -2.37. The number of nitrogens with one attached hydrogen (secondary N) is 1. The summed E-state index contributed by atoms with van der Waals surface area (Å²) < 4.78 is 9.91. The Morgan fingerprint density at radius 3 is 2.87 bits per heavy atom. The molecule has 1 N–H and O–H groups in total. The third-order valence-electron chi connectivity index (χ3n) is 2.91. The van der Waals surface area contributed by atoms with Crippen LogP contribution in [0.15, 0.2) is 0 Å². The van der Waals surface area contributed by atoms with Gasteiger partial charge in [-0.25, -0.2) is 4.98 Å². The molecule has 1 aliphatic rings. The number of hydrogen-bond acceptors (Lipinski definition) is 5. The zero-order valence-electron chi connectivity index (χ0n) is 9.25. The Morgan fingerprint density at radius 2 is 2.33 bits per heavy atom. The molecule has 5 heteroatoms. The van der Waals surface area contributed by atoms with Crippen molar-refractivity contribution in [2.75, 3.05) is 19.0 Å². The van der Waals surface area contributed by atoms with Crippen molar-refractivity contribution in [2.45, 2.75) is 38.2 Å². The van der Waals surface area contributed by atoms with Gasteiger partial charge >= 0.3 is 0 Å². The van der Waals surface area contributed by atoms with Crippen LogP contribution in [0.25, 0.3) is 0 Å². The van der Waals surface area contributed by atoms with Gasteiger partial charge in [0.1, 0.15) is 5.60 Å². The van der Waals surface area contributed by atoms with Crippen molar-refractivity contribution < 1.29 is 4.74 Å². The largest absolute Gasteiger partial charge is 0.370 e. The molecule has 0 saturated heterocycles. The zero-order valence-corrected chi connectivity index (χ0v) is 10.1. The first kappa shape index (κ1) is 10.8. The molecule has 1 fully saturated rings. The Bertz CT molecular complexity index is 317. The van der Waals surface area contributed by atoms with E-state index in [-0.39, 0.29) is 5.60 Å². The number of anilines is 1. The number of methoxy groups -OCH3 is 1. The van der Waals surface area contributed by atoms with Crippen LogP contribution in [-0.4, -0.2) is 23.0 Å². The van der Waals surface area contributed by atoms with E-state index < -0.39 is 0 Å². The molecular weight excluding hydrogens is 210 g/mol. The van der Waals surface area contributed by atoms with Crippen LogP contribution in [0.5, 0.6) is 0 Å². The van der Waals surface area contributed by atoms with Gasteiger partial charge in [-0.3, -0.25) is 0 Å². The quantitative estimate of drug-likeness (QED) is 0.839. The van der Waals surface area contributed by atoms with Crippen molar-refractivity contribution in [3.63, 3.8) is 0 Å². The third-order valence-corrected chi connectivity index (χ3v) is 3.58. The van der Waals surface area contributed by atoms with Crippen LogP contribution in [0.4, 0.5) is 5.13 Å². The van der Waals surface area contributed by atoms with Gasteiger partial charge in [0.2, 0.25) is 5.13 Å². The maximum Gasteiger partial charge on any atom is 0.202 e. The van der Waals surface area contributed by atoms with Gasteiger partial charge in [0.05, 0.1) is 0 Å². The Labute approximate surface area is 94.2 Å². The van der Waals surface area contributed by atoms with E-state index in [0.717, 1.165) is 36.8 Å². The van der Waals surface area contributed by atoms with E-state index in [4.69, 9.17) is 4.74 Å². The molecule has 1 aliphatic carbocycles. The molecule has 1 heterocycles. The van der Waals surface area contributed by atoms with Gasteiger partial charge in [0, 0.05) is 25.2 Å². The van der Waals surface area contributed by atoms with Crippen LogP contribution in [0.1, 0.15) is 38.4 Å². The predicted octanol–water partition coefficient (Wildman–Crippen LogP) is 2.39. The van der Waals surface area contributed by atoms with E-state index in [1.54, 1.807) is 7.11 Å². The molecule has 0 amide bonds. The van der Waals surface area contributed by atoms with Gasteiger partial charge in [0.25, 0.3) is 0 Å². The minimum Gasteiger partial charge on any atom is -0.370 e. The summed E-state index contributed by atoms with van der Waals surface area (Å²) in [6, 6.07) is 0. The van der Waals surface area contributed by atoms with Crippen LogP contribution in [0.3, 0.4) is 0 Å². The molecule has 4 nitrogen and oxygen atoms in total. The molecule has 15 heavy (non-hydrogen) atoms. The first-order valence-corrected chi connectivity index (χ1v) is 6.21. The summed E-state index contributed by atoms with van der Waals surface area (Å²) in [5.74, 6) is 0.861. The van der Waals surface area contributed by atoms with Crippen LogP contribution in [0, 0.1) is 0 Å². The molecular formula is C10H17N3OS. The average Bonchev–Trinajstić information content (AvgIpc) is 2.63. The maximum absolute atomic E-state index is 5.53. The van der Waals surface area contributed by atoms with Gasteiger partial charge in [-0.05, 0) is 25.7 Å². The van der Waals surface area contributed by atoms with Crippen LogP contribution in [0.2, 0.25) is 0 Å². The molecule has 0 radical (unpaired) electrons. The Morgan fingerprint density at radius 1 is 1.53 bits per heavy atom. The molecule has 2 rings (SSSR count). The van der Waals surface area contributed by atoms with Crippen molar-refractivity contribution in [2.24, 2.45) is 0 Å². The lowest BCUT2D eigenvalue weighted by molar-refractivity contribution is -0.0837. The lowest BCUT2D eigenvalue weighted by Crippen LogP contribution is -2.37. The normalized spacial score (nSPS) is 18.5. The fourth-order valence-corrected chi connectivity index (χ4v) is 2.40. The lowest BCUT2D eigenvalue weighted by atomic mass is 9.79. The molecule has 0 unspecified atom stereocenters. The van der Waals surface area contributed by atoms with E-state index in [0.29, 0.717) is 0 Å². The first-order valence-electron chi connectivity index (χ1n) is 5.44. The molecule has 0 aromatic carbocycles. The molecule has 0 bridgehead atoms.